The molecule has 1 fully saturated rings. The van der Waals surface area contributed by atoms with Crippen molar-refractivity contribution in [2.45, 2.75) is 24.8 Å². The minimum atomic E-state index is -3.65. The van der Waals surface area contributed by atoms with Crippen LogP contribution in [0.25, 0.3) is 11.4 Å². The monoisotopic (exact) mass is 522 g/mol. The summed E-state index contributed by atoms with van der Waals surface area (Å²) in [6, 6.07) is 15.5. The molecule has 0 radical (unpaired) electrons. The number of hydrogen-bond acceptors (Lipinski definition) is 7. The lowest BCUT2D eigenvalue weighted by Crippen LogP contribution is -2.40. The van der Waals surface area contributed by atoms with Gasteiger partial charge in [0.15, 0.2) is 5.82 Å². The van der Waals surface area contributed by atoms with Crippen LogP contribution in [-0.4, -0.2) is 68.1 Å². The number of nitrogens with zero attached hydrogens (tertiary/aromatic N) is 4. The zero-order valence-electron chi connectivity index (χ0n) is 20.7. The molecule has 0 aliphatic carbocycles. The molecule has 0 spiro atoms. The Bertz CT molecular complexity index is 1360. The average molecular weight is 523 g/mol. The fourth-order valence-corrected chi connectivity index (χ4v) is 5.96. The lowest BCUT2D eigenvalue weighted by molar-refractivity contribution is 0.122. The number of nitrogens with one attached hydrogen (secondary N) is 2. The molecular weight excluding hydrogens is 492 g/mol. The number of morpholine rings is 1. The van der Waals surface area contributed by atoms with Gasteiger partial charge >= 0.3 is 6.03 Å². The van der Waals surface area contributed by atoms with Crippen LogP contribution in [0.3, 0.4) is 0 Å². The highest BCUT2D eigenvalue weighted by atomic mass is 32.2. The van der Waals surface area contributed by atoms with E-state index in [0.29, 0.717) is 63.0 Å². The highest BCUT2D eigenvalue weighted by molar-refractivity contribution is 7.89. The molecule has 2 amide bonds. The van der Waals surface area contributed by atoms with Crippen LogP contribution in [0, 0.1) is 0 Å². The molecular formula is C26H30N6O4S. The number of hydrogen-bond donors (Lipinski definition) is 2. The van der Waals surface area contributed by atoms with Crippen molar-refractivity contribution in [2.24, 2.45) is 0 Å². The summed E-state index contributed by atoms with van der Waals surface area (Å²) in [7, 11) is -3.65. The zero-order chi connectivity index (χ0) is 25.8. The molecule has 10 nitrogen and oxygen atoms in total. The van der Waals surface area contributed by atoms with Crippen LogP contribution in [0.1, 0.15) is 18.2 Å². The van der Waals surface area contributed by atoms with Gasteiger partial charge in [-0.2, -0.15) is 4.31 Å². The van der Waals surface area contributed by atoms with E-state index < -0.39 is 10.0 Å². The standard InChI is InChI=1S/C26H30N6O4S/c1-2-27-26(33)28-20-10-8-19(9-11-20)24-29-23-18-32(37(34,35)21-6-4-3-5-7-21)13-12-22(23)25(30-24)31-14-16-36-17-15-31/h3-11H,2,12-18H2,1H3,(H2,27,28,33). The summed E-state index contributed by atoms with van der Waals surface area (Å²) in [6.07, 6.45) is 0.532. The Morgan fingerprint density at radius 1 is 1.00 bits per heavy atom. The number of carbonyl (C=O) groups excluding carboxylic acids is 1. The number of urea groups is 1. The molecule has 37 heavy (non-hydrogen) atoms. The second kappa shape index (κ2) is 10.8. The minimum Gasteiger partial charge on any atom is -0.378 e. The second-order valence-corrected chi connectivity index (χ2v) is 10.8. The van der Waals surface area contributed by atoms with Gasteiger partial charge in [0, 0.05) is 43.0 Å². The Morgan fingerprint density at radius 2 is 1.73 bits per heavy atom. The maximum absolute atomic E-state index is 13.3. The van der Waals surface area contributed by atoms with E-state index >= 15 is 0 Å². The molecule has 5 rings (SSSR count). The summed E-state index contributed by atoms with van der Waals surface area (Å²) >= 11 is 0. The second-order valence-electron chi connectivity index (χ2n) is 8.86. The number of sulfonamides is 1. The highest BCUT2D eigenvalue weighted by Crippen LogP contribution is 2.32. The van der Waals surface area contributed by atoms with E-state index in [1.165, 1.54) is 4.31 Å². The molecule has 2 aliphatic heterocycles. The normalized spacial score (nSPS) is 16.2. The van der Waals surface area contributed by atoms with Crippen molar-refractivity contribution < 1.29 is 17.9 Å². The Morgan fingerprint density at radius 3 is 2.43 bits per heavy atom. The van der Waals surface area contributed by atoms with Gasteiger partial charge in [0.25, 0.3) is 0 Å². The Hall–Kier alpha value is -3.54. The average Bonchev–Trinajstić information content (AvgIpc) is 2.93. The van der Waals surface area contributed by atoms with E-state index in [1.807, 2.05) is 19.1 Å². The molecule has 3 aromatic rings. The van der Waals surface area contributed by atoms with Crippen molar-refractivity contribution in [2.75, 3.05) is 49.6 Å². The molecule has 1 aromatic heterocycles. The maximum Gasteiger partial charge on any atom is 0.319 e. The topological polar surface area (TPSA) is 117 Å². The molecule has 194 valence electrons. The van der Waals surface area contributed by atoms with E-state index in [-0.39, 0.29) is 17.5 Å². The van der Waals surface area contributed by atoms with Crippen molar-refractivity contribution in [3.8, 4) is 11.4 Å². The summed E-state index contributed by atoms with van der Waals surface area (Å²) in [6.45, 7) is 5.59. The van der Waals surface area contributed by atoms with E-state index in [1.54, 1.807) is 42.5 Å². The quantitative estimate of drug-likeness (QED) is 0.511. The first-order chi connectivity index (χ1) is 18.0. The number of ether oxygens (including phenoxy) is 1. The lowest BCUT2D eigenvalue weighted by atomic mass is 10.1. The molecule has 2 aromatic carbocycles. The Balaban J connectivity index is 1.49. The third kappa shape index (κ3) is 5.43. The van der Waals surface area contributed by atoms with Gasteiger partial charge in [-0.15, -0.1) is 0 Å². The summed E-state index contributed by atoms with van der Waals surface area (Å²) in [5.74, 6) is 1.35. The predicted molar refractivity (Wildman–Crippen MR) is 141 cm³/mol. The molecule has 0 unspecified atom stereocenters. The molecule has 2 aliphatic rings. The van der Waals surface area contributed by atoms with Crippen molar-refractivity contribution in [1.29, 1.82) is 0 Å². The predicted octanol–water partition coefficient (Wildman–Crippen LogP) is 2.87. The van der Waals surface area contributed by atoms with E-state index in [2.05, 4.69) is 15.5 Å². The van der Waals surface area contributed by atoms with Crippen molar-refractivity contribution in [1.82, 2.24) is 19.6 Å². The largest absolute Gasteiger partial charge is 0.378 e. The van der Waals surface area contributed by atoms with Crippen LogP contribution in [0.4, 0.5) is 16.3 Å². The number of aromatic nitrogens is 2. The summed E-state index contributed by atoms with van der Waals surface area (Å²) in [5.41, 5.74) is 3.13. The minimum absolute atomic E-state index is 0.177. The van der Waals surface area contributed by atoms with Crippen molar-refractivity contribution in [3.63, 3.8) is 0 Å². The van der Waals surface area contributed by atoms with Crippen LogP contribution in [0.2, 0.25) is 0 Å². The first kappa shape index (κ1) is 25.1. The Kier molecular flexibility index (Phi) is 7.36. The molecule has 11 heteroatoms. The molecule has 0 atom stereocenters. The van der Waals surface area contributed by atoms with Gasteiger partial charge in [-0.25, -0.2) is 23.2 Å². The number of benzene rings is 2. The summed E-state index contributed by atoms with van der Waals surface area (Å²) in [4.78, 5) is 24.1. The number of amides is 2. The van der Waals surface area contributed by atoms with Gasteiger partial charge in [-0.05, 0) is 49.7 Å². The zero-order valence-corrected chi connectivity index (χ0v) is 21.5. The van der Waals surface area contributed by atoms with Gasteiger partial charge in [0.1, 0.15) is 5.82 Å². The van der Waals surface area contributed by atoms with Gasteiger partial charge in [0.05, 0.1) is 30.3 Å². The van der Waals surface area contributed by atoms with Gasteiger partial charge in [-0.3, -0.25) is 0 Å². The molecule has 3 heterocycles. The third-order valence-corrected chi connectivity index (χ3v) is 8.30. The lowest BCUT2D eigenvalue weighted by Gasteiger charge is -2.34. The smallest absolute Gasteiger partial charge is 0.319 e. The maximum atomic E-state index is 13.3. The van der Waals surface area contributed by atoms with Crippen LogP contribution >= 0.6 is 0 Å². The molecule has 0 saturated carbocycles. The Labute approximate surface area is 216 Å². The van der Waals surface area contributed by atoms with E-state index in [4.69, 9.17) is 14.7 Å². The number of carbonyl (C=O) groups is 1. The fraction of sp³-hybridized carbons (Fsp3) is 0.346. The van der Waals surface area contributed by atoms with Crippen LogP contribution < -0.4 is 15.5 Å². The van der Waals surface area contributed by atoms with Crippen LogP contribution in [-0.2, 0) is 27.7 Å². The summed E-state index contributed by atoms with van der Waals surface area (Å²) < 4.78 is 33.7. The highest BCUT2D eigenvalue weighted by Gasteiger charge is 2.32. The first-order valence-electron chi connectivity index (χ1n) is 12.4. The van der Waals surface area contributed by atoms with Crippen LogP contribution in [0.15, 0.2) is 59.5 Å². The number of rotatable bonds is 6. The van der Waals surface area contributed by atoms with E-state index in [9.17, 15) is 13.2 Å². The number of fused-ring (bicyclic) bond motifs is 1. The molecule has 0 bridgehead atoms. The van der Waals surface area contributed by atoms with E-state index in [0.717, 1.165) is 16.9 Å². The summed E-state index contributed by atoms with van der Waals surface area (Å²) in [5, 5.41) is 5.49. The molecule has 1 saturated heterocycles. The molecule has 2 N–H and O–H groups in total. The van der Waals surface area contributed by atoms with Crippen molar-refractivity contribution in [3.05, 3.63) is 65.9 Å². The third-order valence-electron chi connectivity index (χ3n) is 6.44. The number of anilines is 2. The van der Waals surface area contributed by atoms with Crippen LogP contribution in [0.5, 0.6) is 0 Å². The van der Waals surface area contributed by atoms with Gasteiger partial charge in [-0.1, -0.05) is 18.2 Å². The van der Waals surface area contributed by atoms with Crippen molar-refractivity contribution >= 4 is 27.6 Å². The fourth-order valence-electron chi connectivity index (χ4n) is 4.54. The van der Waals surface area contributed by atoms with Gasteiger partial charge in [0.2, 0.25) is 10.0 Å². The SMILES string of the molecule is CCNC(=O)Nc1ccc(-c2nc3c(c(N4CCOCC4)n2)CCN(S(=O)(=O)c2ccccc2)C3)cc1. The van der Waals surface area contributed by atoms with Gasteiger partial charge < -0.3 is 20.3 Å². The first-order valence-corrected chi connectivity index (χ1v) is 13.8.